The fraction of sp³-hybridized carbons (Fsp3) is 0.381. The first-order chi connectivity index (χ1) is 14.1. The number of nitrogens with zero attached hydrogens (tertiary/aromatic N) is 3. The molecule has 2 aromatic carbocycles. The van der Waals surface area contributed by atoms with Gasteiger partial charge in [-0.05, 0) is 23.3 Å². The van der Waals surface area contributed by atoms with Crippen LogP contribution < -0.4 is 0 Å². The summed E-state index contributed by atoms with van der Waals surface area (Å²) in [6.07, 6.45) is -0.924. The molecular weight excluding hydrogens is 374 g/mol. The van der Waals surface area contributed by atoms with Crippen molar-refractivity contribution < 1.29 is 19.1 Å². The number of morpholine rings is 1. The van der Waals surface area contributed by atoms with Crippen LogP contribution in [-0.4, -0.2) is 50.3 Å². The van der Waals surface area contributed by atoms with Gasteiger partial charge in [0, 0.05) is 33.4 Å². The van der Waals surface area contributed by atoms with Crippen molar-refractivity contribution >= 4 is 5.69 Å². The Morgan fingerprint density at radius 3 is 2.34 bits per heavy atom. The maximum Gasteiger partial charge on any atom is 0.277 e. The van der Waals surface area contributed by atoms with E-state index >= 15 is 0 Å². The summed E-state index contributed by atoms with van der Waals surface area (Å²) in [5.41, 5.74) is 0.426. The highest BCUT2D eigenvalue weighted by molar-refractivity contribution is 5.52. The lowest BCUT2D eigenvalue weighted by Gasteiger charge is -2.41. The Kier molecular flexibility index (Phi) is 6.56. The minimum Gasteiger partial charge on any atom is -0.379 e. The van der Waals surface area contributed by atoms with Crippen molar-refractivity contribution in [2.75, 3.05) is 40.5 Å². The quantitative estimate of drug-likeness (QED) is 0.402. The monoisotopic (exact) mass is 397 g/mol. The SMILES string of the molecule is COC(OC)c1cc(C(C#N)(c2ccccc2)N2CCOCC2)ccc1[N+](=O)[O-]. The van der Waals surface area contributed by atoms with Crippen molar-refractivity contribution in [1.82, 2.24) is 4.90 Å². The Labute approximate surface area is 169 Å². The van der Waals surface area contributed by atoms with E-state index in [1.807, 2.05) is 35.2 Å². The molecule has 2 aromatic rings. The zero-order valence-corrected chi connectivity index (χ0v) is 16.4. The van der Waals surface area contributed by atoms with Crippen LogP contribution in [0.3, 0.4) is 0 Å². The molecule has 152 valence electrons. The fourth-order valence-electron chi connectivity index (χ4n) is 3.79. The number of benzene rings is 2. The largest absolute Gasteiger partial charge is 0.379 e. The average Bonchev–Trinajstić information content (AvgIpc) is 2.77. The van der Waals surface area contributed by atoms with E-state index < -0.39 is 16.8 Å². The van der Waals surface area contributed by atoms with Crippen molar-refractivity contribution in [3.8, 4) is 6.07 Å². The Morgan fingerprint density at radius 2 is 1.79 bits per heavy atom. The number of nitro groups is 1. The predicted molar refractivity (Wildman–Crippen MR) is 105 cm³/mol. The third-order valence-corrected chi connectivity index (χ3v) is 5.16. The van der Waals surface area contributed by atoms with Gasteiger partial charge in [-0.15, -0.1) is 0 Å². The standard InChI is InChI=1S/C21H23N3O5/c1-27-20(28-2)18-14-17(8-9-19(18)24(25)26)21(15-22,16-6-4-3-5-7-16)23-10-12-29-13-11-23/h3-9,14,20H,10-13H2,1-2H3. The summed E-state index contributed by atoms with van der Waals surface area (Å²) >= 11 is 0. The zero-order valence-electron chi connectivity index (χ0n) is 16.4. The summed E-state index contributed by atoms with van der Waals surface area (Å²) in [5.74, 6) is 0. The van der Waals surface area contributed by atoms with Crippen LogP contribution in [0, 0.1) is 21.4 Å². The van der Waals surface area contributed by atoms with Gasteiger partial charge in [-0.25, -0.2) is 0 Å². The van der Waals surface area contributed by atoms with E-state index in [1.165, 1.54) is 20.3 Å². The van der Waals surface area contributed by atoms with Crippen LogP contribution >= 0.6 is 0 Å². The molecule has 29 heavy (non-hydrogen) atoms. The molecule has 1 fully saturated rings. The van der Waals surface area contributed by atoms with Gasteiger partial charge in [0.15, 0.2) is 11.8 Å². The Hall–Kier alpha value is -2.83. The van der Waals surface area contributed by atoms with Gasteiger partial charge in [-0.1, -0.05) is 30.3 Å². The van der Waals surface area contributed by atoms with Crippen molar-refractivity contribution in [1.29, 1.82) is 5.26 Å². The lowest BCUT2D eigenvalue weighted by Crippen LogP contribution is -2.51. The number of methoxy groups -OCH3 is 2. The van der Waals surface area contributed by atoms with E-state index in [4.69, 9.17) is 14.2 Å². The Bertz CT molecular complexity index is 889. The van der Waals surface area contributed by atoms with E-state index in [1.54, 1.807) is 12.1 Å². The highest BCUT2D eigenvalue weighted by atomic mass is 16.7. The van der Waals surface area contributed by atoms with Crippen LogP contribution in [0.2, 0.25) is 0 Å². The molecule has 0 radical (unpaired) electrons. The van der Waals surface area contributed by atoms with Crippen molar-refractivity contribution in [2.24, 2.45) is 0 Å². The molecule has 0 spiro atoms. The maximum atomic E-state index is 11.6. The van der Waals surface area contributed by atoms with Crippen LogP contribution in [0.1, 0.15) is 23.0 Å². The van der Waals surface area contributed by atoms with Crippen LogP contribution in [-0.2, 0) is 19.7 Å². The molecule has 1 aliphatic heterocycles. The molecule has 8 nitrogen and oxygen atoms in total. The van der Waals surface area contributed by atoms with Crippen LogP contribution in [0.25, 0.3) is 0 Å². The van der Waals surface area contributed by atoms with Crippen LogP contribution in [0.4, 0.5) is 5.69 Å². The third-order valence-electron chi connectivity index (χ3n) is 5.16. The normalized spacial score (nSPS) is 16.9. The maximum absolute atomic E-state index is 11.6. The molecule has 1 unspecified atom stereocenters. The number of nitro benzene ring substituents is 1. The summed E-state index contributed by atoms with van der Waals surface area (Å²) in [5, 5.41) is 22.0. The topological polar surface area (TPSA) is 97.9 Å². The van der Waals surface area contributed by atoms with Crippen molar-refractivity contribution in [3.63, 3.8) is 0 Å². The third kappa shape index (κ3) is 3.86. The molecule has 3 rings (SSSR count). The van der Waals surface area contributed by atoms with Gasteiger partial charge in [0.1, 0.15) is 0 Å². The van der Waals surface area contributed by atoms with Gasteiger partial charge in [0.2, 0.25) is 0 Å². The second-order valence-corrected chi connectivity index (χ2v) is 6.62. The number of nitriles is 1. The highest BCUT2D eigenvalue weighted by Crippen LogP contribution is 2.39. The molecular formula is C21H23N3O5. The minimum absolute atomic E-state index is 0.121. The molecule has 0 N–H and O–H groups in total. The average molecular weight is 397 g/mol. The van der Waals surface area contributed by atoms with Crippen molar-refractivity contribution in [3.05, 3.63) is 75.3 Å². The molecule has 1 atom stereocenters. The Morgan fingerprint density at radius 1 is 1.14 bits per heavy atom. The Balaban J connectivity index is 2.24. The fourth-order valence-corrected chi connectivity index (χ4v) is 3.79. The summed E-state index contributed by atoms with van der Waals surface area (Å²) < 4.78 is 16.0. The molecule has 0 saturated carbocycles. The van der Waals surface area contributed by atoms with E-state index in [-0.39, 0.29) is 11.3 Å². The number of hydrogen-bond acceptors (Lipinski definition) is 7. The molecule has 8 heteroatoms. The predicted octanol–water partition coefficient (Wildman–Crippen LogP) is 2.99. The second-order valence-electron chi connectivity index (χ2n) is 6.62. The number of rotatable bonds is 7. The summed E-state index contributed by atoms with van der Waals surface area (Å²) in [6, 6.07) is 16.6. The lowest BCUT2D eigenvalue weighted by molar-refractivity contribution is -0.387. The number of ether oxygens (including phenoxy) is 3. The van der Waals surface area contributed by atoms with E-state index in [9.17, 15) is 15.4 Å². The first kappa shape index (κ1) is 20.9. The van der Waals surface area contributed by atoms with E-state index in [0.717, 1.165) is 5.56 Å². The van der Waals surface area contributed by atoms with E-state index in [0.29, 0.717) is 31.9 Å². The molecule has 1 aliphatic rings. The molecule has 1 heterocycles. The summed E-state index contributed by atoms with van der Waals surface area (Å²) in [7, 11) is 2.84. The van der Waals surface area contributed by atoms with Gasteiger partial charge in [-0.2, -0.15) is 5.26 Å². The highest BCUT2D eigenvalue weighted by Gasteiger charge is 2.42. The van der Waals surface area contributed by atoms with Gasteiger partial charge < -0.3 is 14.2 Å². The van der Waals surface area contributed by atoms with Crippen LogP contribution in [0.5, 0.6) is 0 Å². The van der Waals surface area contributed by atoms with Crippen molar-refractivity contribution in [2.45, 2.75) is 11.8 Å². The van der Waals surface area contributed by atoms with Gasteiger partial charge in [0.05, 0.1) is 29.8 Å². The molecule has 0 bridgehead atoms. The first-order valence-electron chi connectivity index (χ1n) is 9.22. The van der Waals surface area contributed by atoms with Gasteiger partial charge in [0.25, 0.3) is 5.69 Å². The molecule has 0 aromatic heterocycles. The lowest BCUT2D eigenvalue weighted by atomic mass is 9.81. The summed E-state index contributed by atoms with van der Waals surface area (Å²) in [6.45, 7) is 2.14. The first-order valence-corrected chi connectivity index (χ1v) is 9.22. The molecule has 0 aliphatic carbocycles. The van der Waals surface area contributed by atoms with Gasteiger partial charge in [-0.3, -0.25) is 15.0 Å². The smallest absolute Gasteiger partial charge is 0.277 e. The minimum atomic E-state index is -1.12. The molecule has 0 amide bonds. The van der Waals surface area contributed by atoms with Gasteiger partial charge >= 0.3 is 0 Å². The molecule has 1 saturated heterocycles. The van der Waals surface area contributed by atoms with Crippen LogP contribution in [0.15, 0.2) is 48.5 Å². The number of hydrogen-bond donors (Lipinski definition) is 0. The second kappa shape index (κ2) is 9.11. The zero-order chi connectivity index (χ0) is 20.9. The summed E-state index contributed by atoms with van der Waals surface area (Å²) in [4.78, 5) is 13.1. The van der Waals surface area contributed by atoms with E-state index in [2.05, 4.69) is 6.07 Å².